The summed E-state index contributed by atoms with van der Waals surface area (Å²) in [4.78, 5) is 62.1. The van der Waals surface area contributed by atoms with Gasteiger partial charge in [0.15, 0.2) is 18.9 Å². The summed E-state index contributed by atoms with van der Waals surface area (Å²) >= 11 is 0. The smallest absolute Gasteiger partial charge is 0.394 e. The number of aldehydes is 1. The van der Waals surface area contributed by atoms with E-state index < -0.39 is 177 Å². The molecule has 19 atom stereocenters. The summed E-state index contributed by atoms with van der Waals surface area (Å²) < 4.78 is 71.4. The Balaban J connectivity index is 1.85. The summed E-state index contributed by atoms with van der Waals surface area (Å²) in [6, 6.07) is -7.02. The first kappa shape index (κ1) is 65.6. The lowest BCUT2D eigenvalue weighted by Gasteiger charge is -2.50. The highest BCUT2D eigenvalue weighted by molar-refractivity contribution is 7.80. The minimum absolute atomic E-state index is 0.0244. The number of rotatable bonds is 32. The van der Waals surface area contributed by atoms with Crippen molar-refractivity contribution >= 4 is 40.3 Å². The number of hydrogen-bond donors (Lipinski definition) is 14. The Bertz CT molecular complexity index is 1940. The minimum atomic E-state index is -5.23. The average molecular weight is 1100 g/mol. The number of carbonyl (C=O) groups excluding carboxylic acids is 5. The van der Waals surface area contributed by atoms with Gasteiger partial charge in [-0.1, -0.05) is 50.8 Å². The van der Waals surface area contributed by atoms with E-state index in [9.17, 15) is 78.3 Å². The third-order valence-electron chi connectivity index (χ3n) is 12.4. The van der Waals surface area contributed by atoms with E-state index in [1.807, 2.05) is 0 Å². The van der Waals surface area contributed by atoms with E-state index in [2.05, 4.69) is 44.5 Å². The van der Waals surface area contributed by atoms with Crippen LogP contribution in [-0.2, 0) is 67.0 Å². The maximum atomic E-state index is 13.2. The van der Waals surface area contributed by atoms with Gasteiger partial charge in [0, 0.05) is 20.8 Å². The molecule has 3 rings (SSSR count). The van der Waals surface area contributed by atoms with Gasteiger partial charge in [-0.05, 0) is 44.6 Å². The molecule has 3 fully saturated rings. The third-order valence-corrected chi connectivity index (χ3v) is 12.8. The molecule has 3 aliphatic rings. The van der Waals surface area contributed by atoms with Crippen molar-refractivity contribution < 1.29 is 116 Å². The molecule has 3 aliphatic heterocycles. The molecule has 4 amide bonds. The zero-order chi connectivity index (χ0) is 56.0. The number of aliphatic hydroxyl groups is 9. The van der Waals surface area contributed by atoms with Gasteiger partial charge >= 0.3 is 10.4 Å². The first-order chi connectivity index (χ1) is 35.5. The van der Waals surface area contributed by atoms with Crippen LogP contribution in [0.5, 0.6) is 0 Å². The zero-order valence-electron chi connectivity index (χ0n) is 42.4. The summed E-state index contributed by atoms with van der Waals surface area (Å²) in [5.41, 5.74) is 0. The molecular formula is C46H78N4O24S. The van der Waals surface area contributed by atoms with Gasteiger partial charge in [0.2, 0.25) is 23.6 Å². The van der Waals surface area contributed by atoms with E-state index in [1.165, 1.54) is 31.8 Å². The first-order valence-corrected chi connectivity index (χ1v) is 26.2. The molecule has 0 saturated carbocycles. The first-order valence-electron chi connectivity index (χ1n) is 24.9. The average Bonchev–Trinajstić information content (AvgIpc) is 3.35. The number of hydrogen-bond acceptors (Lipinski definition) is 23. The van der Waals surface area contributed by atoms with E-state index in [-0.39, 0.29) is 6.29 Å². The molecule has 0 spiro atoms. The number of allylic oxidation sites excluding steroid dienone is 3. The van der Waals surface area contributed by atoms with Crippen molar-refractivity contribution in [2.24, 2.45) is 0 Å². The molecule has 0 aromatic heterocycles. The van der Waals surface area contributed by atoms with Crippen molar-refractivity contribution in [2.75, 3.05) is 26.4 Å². The van der Waals surface area contributed by atoms with E-state index >= 15 is 0 Å². The topological polar surface area (TPSA) is 435 Å². The standard InChI is InChI=1S/C46H78N4O24S/c1-5-6-7-8-9-10-11-12-13-14-15-16-17-18-32(59)50-33-38(62)37(61)29(20-52)69-44(33)73-42-31(22-54)71-46(35(40(42)64)49-26(4)57)74-43-30(21-53)70-45(34(39(43)63)48-25(3)56)72-41(28(58)23-68-75(65,66)67)36(60)27(19-51)47-24(2)55/h10-11,17-19,27-31,33-46,52-54,58,60-64H,5-9,12-16,20-23H2,1-4H3,(H,47,55)(H,48,56)(H,49,57)(H,50,59)(H,65,66,67)/b11-10-,18-17+/t27-,28+,29+,30+,31+,33+,34+,35+,36+,37+,38+,39+,40+,41+,42+,43+,44-,45-,46-/m0/s1. The number of unbranched alkanes of at least 4 members (excludes halogenated alkanes) is 8. The van der Waals surface area contributed by atoms with Gasteiger partial charge < -0.3 is 100 Å². The molecule has 0 unspecified atom stereocenters. The fourth-order valence-electron chi connectivity index (χ4n) is 8.61. The van der Waals surface area contributed by atoms with Crippen LogP contribution in [0.3, 0.4) is 0 Å². The predicted octanol–water partition coefficient (Wildman–Crippen LogP) is -4.49. The number of aliphatic hydroxyl groups excluding tert-OH is 9. The van der Waals surface area contributed by atoms with Crippen LogP contribution in [0.4, 0.5) is 0 Å². The highest BCUT2D eigenvalue weighted by Gasteiger charge is 2.55. The normalized spacial score (nSPS) is 32.1. The summed E-state index contributed by atoms with van der Waals surface area (Å²) in [7, 11) is -5.23. The van der Waals surface area contributed by atoms with E-state index in [1.54, 1.807) is 6.08 Å². The molecule has 432 valence electrons. The van der Waals surface area contributed by atoms with E-state index in [0.29, 0.717) is 6.42 Å². The van der Waals surface area contributed by atoms with Gasteiger partial charge in [0.1, 0.15) is 104 Å². The van der Waals surface area contributed by atoms with Crippen LogP contribution in [-0.4, -0.2) is 232 Å². The second-order valence-corrected chi connectivity index (χ2v) is 19.5. The largest absolute Gasteiger partial charge is 0.397 e. The van der Waals surface area contributed by atoms with Crippen LogP contribution >= 0.6 is 0 Å². The van der Waals surface area contributed by atoms with Crippen LogP contribution in [0, 0.1) is 0 Å². The molecule has 75 heavy (non-hydrogen) atoms. The Morgan fingerprint density at radius 1 is 0.627 bits per heavy atom. The molecule has 3 heterocycles. The second-order valence-electron chi connectivity index (χ2n) is 18.4. The molecule has 0 radical (unpaired) electrons. The maximum absolute atomic E-state index is 13.2. The fourth-order valence-corrected chi connectivity index (χ4v) is 8.92. The van der Waals surface area contributed by atoms with Crippen LogP contribution in [0.2, 0.25) is 0 Å². The van der Waals surface area contributed by atoms with Crippen molar-refractivity contribution in [3.63, 3.8) is 0 Å². The van der Waals surface area contributed by atoms with E-state index in [4.69, 9.17) is 33.0 Å². The molecule has 0 bridgehead atoms. The summed E-state index contributed by atoms with van der Waals surface area (Å²) in [5, 5.41) is 108. The van der Waals surface area contributed by atoms with E-state index in [0.717, 1.165) is 52.9 Å². The lowest BCUT2D eigenvalue weighted by Crippen LogP contribution is -2.71. The summed E-state index contributed by atoms with van der Waals surface area (Å²) in [5.74, 6) is -3.30. The quantitative estimate of drug-likeness (QED) is 0.00993. The SMILES string of the molecule is CCCCCC/C=C\CCCCC/C=C/C(=O)N[C@H]1[C@H](O[C@H]2[C@H](O)[C@@H](NC(C)=O)[C@H](O[C@H]3[C@H](O)[C@@H](NC(C)=O)[C@H](O[C@@H]([C@H](O)[C@H](C=O)NC(C)=O)[C@H](O)COS(=O)(=O)O)O[C@@H]3CO)O[C@@H]2CO)O[C@H](CO)[C@@H](O)[C@@H]1O. The lowest BCUT2D eigenvalue weighted by atomic mass is 9.93. The Labute approximate surface area is 435 Å². The molecular weight excluding hydrogens is 1020 g/mol. The highest BCUT2D eigenvalue weighted by atomic mass is 32.3. The number of nitrogens with one attached hydrogen (secondary N) is 4. The number of amides is 4. The molecule has 14 N–H and O–H groups in total. The Morgan fingerprint density at radius 3 is 1.56 bits per heavy atom. The van der Waals surface area contributed by atoms with Crippen LogP contribution in [0.15, 0.2) is 24.3 Å². The van der Waals surface area contributed by atoms with Crippen LogP contribution in [0.25, 0.3) is 0 Å². The van der Waals surface area contributed by atoms with Gasteiger partial charge in [-0.3, -0.25) is 23.7 Å². The third kappa shape index (κ3) is 20.9. The van der Waals surface area contributed by atoms with Crippen molar-refractivity contribution in [1.29, 1.82) is 0 Å². The maximum Gasteiger partial charge on any atom is 0.397 e. The minimum Gasteiger partial charge on any atom is -0.394 e. The Hall–Kier alpha value is -3.70. The van der Waals surface area contributed by atoms with Crippen molar-refractivity contribution in [3.05, 3.63) is 24.3 Å². The Morgan fingerprint density at radius 2 is 1.09 bits per heavy atom. The second kappa shape index (κ2) is 32.9. The van der Waals surface area contributed by atoms with Crippen molar-refractivity contribution in [1.82, 2.24) is 21.3 Å². The van der Waals surface area contributed by atoms with Gasteiger partial charge in [0.05, 0.1) is 26.4 Å². The van der Waals surface area contributed by atoms with Crippen molar-refractivity contribution in [2.45, 2.75) is 208 Å². The van der Waals surface area contributed by atoms with Crippen LogP contribution in [0.1, 0.15) is 91.9 Å². The molecule has 0 aromatic rings. The number of carbonyl (C=O) groups is 5. The van der Waals surface area contributed by atoms with Gasteiger partial charge in [-0.15, -0.1) is 0 Å². The predicted molar refractivity (Wildman–Crippen MR) is 256 cm³/mol. The van der Waals surface area contributed by atoms with Crippen molar-refractivity contribution in [3.8, 4) is 0 Å². The molecule has 3 saturated heterocycles. The molecule has 0 aliphatic carbocycles. The Kier molecular flexibility index (Phi) is 28.8. The summed E-state index contributed by atoms with van der Waals surface area (Å²) in [6.45, 7) is 0.876. The monoisotopic (exact) mass is 1100 g/mol. The summed E-state index contributed by atoms with van der Waals surface area (Å²) in [6.07, 6.45) is -11.5. The van der Waals surface area contributed by atoms with Gasteiger partial charge in [-0.2, -0.15) is 8.42 Å². The fraction of sp³-hybridized carbons (Fsp3) is 0.804. The lowest BCUT2D eigenvalue weighted by molar-refractivity contribution is -0.357. The molecule has 0 aromatic carbocycles. The van der Waals surface area contributed by atoms with Crippen LogP contribution < -0.4 is 21.3 Å². The zero-order valence-corrected chi connectivity index (χ0v) is 43.2. The highest BCUT2D eigenvalue weighted by Crippen LogP contribution is 2.34. The van der Waals surface area contributed by atoms with Gasteiger partial charge in [0.25, 0.3) is 0 Å². The molecule has 28 nitrogen and oxygen atoms in total. The number of ether oxygens (including phenoxy) is 6. The van der Waals surface area contributed by atoms with Gasteiger partial charge in [-0.25, -0.2) is 4.18 Å². The molecule has 29 heteroatoms.